The van der Waals surface area contributed by atoms with Crippen molar-refractivity contribution in [2.45, 2.75) is 26.4 Å². The number of benzene rings is 4. The molecule has 1 aliphatic heterocycles. The molecule has 3 amide bonds. The van der Waals surface area contributed by atoms with Gasteiger partial charge in [-0.25, -0.2) is 4.79 Å². The number of aromatic amines is 1. The molecular formula is C27H20N2O4. The first kappa shape index (κ1) is 19.5. The number of carbonyl (C=O) groups is 3. The molecule has 33 heavy (non-hydrogen) atoms. The Morgan fingerprint density at radius 2 is 1.42 bits per heavy atom. The Labute approximate surface area is 188 Å². The van der Waals surface area contributed by atoms with Crippen molar-refractivity contribution < 1.29 is 19.1 Å². The Kier molecular flexibility index (Phi) is 3.79. The summed E-state index contributed by atoms with van der Waals surface area (Å²) in [6, 6.07) is 19.3. The molecule has 5 aromatic rings. The van der Waals surface area contributed by atoms with E-state index in [1.54, 1.807) is 20.8 Å². The number of H-pyrrole nitrogens is 1. The molecule has 0 radical (unpaired) electrons. The lowest BCUT2D eigenvalue weighted by atomic mass is 9.91. The number of nitrogens with zero attached hydrogens (tertiary/aromatic N) is 1. The van der Waals surface area contributed by atoms with Crippen LogP contribution < -0.4 is 0 Å². The molecule has 0 spiro atoms. The fourth-order valence-electron chi connectivity index (χ4n) is 4.82. The molecule has 162 valence electrons. The molecule has 6 heteroatoms. The van der Waals surface area contributed by atoms with E-state index in [1.807, 2.05) is 60.7 Å². The zero-order valence-electron chi connectivity index (χ0n) is 18.4. The van der Waals surface area contributed by atoms with E-state index < -0.39 is 23.5 Å². The maximum absolute atomic E-state index is 13.7. The summed E-state index contributed by atoms with van der Waals surface area (Å²) in [6.07, 6.45) is -0.963. The van der Waals surface area contributed by atoms with Crippen molar-refractivity contribution in [3.63, 3.8) is 0 Å². The third-order valence-electron chi connectivity index (χ3n) is 6.06. The van der Waals surface area contributed by atoms with Crippen molar-refractivity contribution in [2.24, 2.45) is 0 Å². The Balaban J connectivity index is 1.79. The molecule has 4 aromatic carbocycles. The lowest BCUT2D eigenvalue weighted by molar-refractivity contribution is 0.0256. The van der Waals surface area contributed by atoms with Crippen LogP contribution in [0.25, 0.3) is 43.4 Å². The van der Waals surface area contributed by atoms with Crippen LogP contribution in [0.3, 0.4) is 0 Å². The number of hydrogen-bond acceptors (Lipinski definition) is 4. The Morgan fingerprint density at radius 1 is 0.788 bits per heavy atom. The molecular weight excluding hydrogens is 416 g/mol. The summed E-state index contributed by atoms with van der Waals surface area (Å²) in [7, 11) is 0. The predicted octanol–water partition coefficient (Wildman–Crippen LogP) is 6.16. The molecule has 0 bridgehead atoms. The van der Waals surface area contributed by atoms with Crippen molar-refractivity contribution in [1.29, 1.82) is 0 Å². The van der Waals surface area contributed by atoms with Gasteiger partial charge in [-0.1, -0.05) is 54.6 Å². The van der Waals surface area contributed by atoms with Gasteiger partial charge in [0.2, 0.25) is 0 Å². The SMILES string of the molecule is CC(C)(C)OC(=O)N1C(=O)c2c(c3c4ccccc4[nH]c3c3ccc4ccccc4c23)C1=O. The Hall–Kier alpha value is -4.19. The van der Waals surface area contributed by atoms with Crippen molar-refractivity contribution >= 4 is 61.3 Å². The van der Waals surface area contributed by atoms with E-state index in [0.717, 1.165) is 32.6 Å². The second-order valence-corrected chi connectivity index (χ2v) is 9.31. The molecule has 0 fully saturated rings. The minimum Gasteiger partial charge on any atom is -0.443 e. The first-order chi connectivity index (χ1) is 15.8. The van der Waals surface area contributed by atoms with E-state index in [4.69, 9.17) is 4.74 Å². The van der Waals surface area contributed by atoms with E-state index >= 15 is 0 Å². The maximum atomic E-state index is 13.7. The van der Waals surface area contributed by atoms with Gasteiger partial charge in [0.1, 0.15) is 5.60 Å². The number of amides is 3. The van der Waals surface area contributed by atoms with Crippen LogP contribution in [-0.2, 0) is 4.74 Å². The van der Waals surface area contributed by atoms with Gasteiger partial charge in [-0.2, -0.15) is 4.90 Å². The van der Waals surface area contributed by atoms with E-state index in [0.29, 0.717) is 15.7 Å². The van der Waals surface area contributed by atoms with Gasteiger partial charge >= 0.3 is 6.09 Å². The molecule has 0 unspecified atom stereocenters. The Morgan fingerprint density at radius 3 is 2.15 bits per heavy atom. The van der Waals surface area contributed by atoms with Gasteiger partial charge in [0.15, 0.2) is 0 Å². The van der Waals surface area contributed by atoms with Gasteiger partial charge < -0.3 is 9.72 Å². The molecule has 1 N–H and O–H groups in total. The molecule has 0 saturated heterocycles. The molecule has 6 nitrogen and oxygen atoms in total. The quantitative estimate of drug-likeness (QED) is 0.233. The van der Waals surface area contributed by atoms with Gasteiger partial charge in [0, 0.05) is 27.1 Å². The molecule has 1 aromatic heterocycles. The van der Waals surface area contributed by atoms with Crippen LogP contribution in [0.4, 0.5) is 4.79 Å². The van der Waals surface area contributed by atoms with E-state index in [1.165, 1.54) is 0 Å². The molecule has 0 aliphatic carbocycles. The summed E-state index contributed by atoms with van der Waals surface area (Å²) < 4.78 is 5.41. The average Bonchev–Trinajstić information content (AvgIpc) is 3.27. The fraction of sp³-hybridized carbons (Fsp3) is 0.148. The van der Waals surface area contributed by atoms with Crippen molar-refractivity contribution in [1.82, 2.24) is 9.88 Å². The van der Waals surface area contributed by atoms with Crippen LogP contribution in [0.2, 0.25) is 0 Å². The number of imide groups is 3. The lowest BCUT2D eigenvalue weighted by Crippen LogP contribution is -2.40. The summed E-state index contributed by atoms with van der Waals surface area (Å²) in [6.45, 7) is 5.09. The standard InChI is InChI=1S/C27H20N2O4/c1-27(2,3)33-26(32)29-24(30)21-19-15-9-5-4-8-14(15)12-13-17(19)23-20(22(21)25(29)31)16-10-6-7-11-18(16)28-23/h4-13,28H,1-3H3. The van der Waals surface area contributed by atoms with Crippen LogP contribution in [0.5, 0.6) is 0 Å². The third-order valence-corrected chi connectivity index (χ3v) is 6.06. The zero-order valence-corrected chi connectivity index (χ0v) is 18.4. The van der Waals surface area contributed by atoms with Crippen molar-refractivity contribution in [3.05, 3.63) is 71.8 Å². The smallest absolute Gasteiger partial charge is 0.424 e. The summed E-state index contributed by atoms with van der Waals surface area (Å²) in [5, 5.41) is 4.74. The number of ether oxygens (including phenoxy) is 1. The minimum absolute atomic E-state index is 0.238. The second kappa shape index (κ2) is 6.42. The molecule has 0 atom stereocenters. The highest BCUT2D eigenvalue weighted by atomic mass is 16.6. The third kappa shape index (κ3) is 2.64. The summed E-state index contributed by atoms with van der Waals surface area (Å²) in [4.78, 5) is 44.4. The Bertz CT molecular complexity index is 1690. The summed E-state index contributed by atoms with van der Waals surface area (Å²) in [5.74, 6) is -1.31. The summed E-state index contributed by atoms with van der Waals surface area (Å²) in [5.41, 5.74) is 1.25. The molecule has 6 rings (SSSR count). The highest BCUT2D eigenvalue weighted by molar-refractivity contribution is 6.41. The number of rotatable bonds is 0. The maximum Gasteiger partial charge on any atom is 0.424 e. The fourth-order valence-corrected chi connectivity index (χ4v) is 4.82. The van der Waals surface area contributed by atoms with Gasteiger partial charge in [0.05, 0.1) is 16.6 Å². The van der Waals surface area contributed by atoms with Crippen LogP contribution in [0.15, 0.2) is 60.7 Å². The summed E-state index contributed by atoms with van der Waals surface area (Å²) >= 11 is 0. The number of hydrogen-bond donors (Lipinski definition) is 1. The van der Waals surface area contributed by atoms with Crippen molar-refractivity contribution in [3.8, 4) is 0 Å². The van der Waals surface area contributed by atoms with Crippen LogP contribution >= 0.6 is 0 Å². The highest BCUT2D eigenvalue weighted by Crippen LogP contribution is 2.43. The lowest BCUT2D eigenvalue weighted by Gasteiger charge is -2.22. The predicted molar refractivity (Wildman–Crippen MR) is 128 cm³/mol. The van der Waals surface area contributed by atoms with E-state index in [9.17, 15) is 14.4 Å². The second-order valence-electron chi connectivity index (χ2n) is 9.31. The molecule has 0 saturated carbocycles. The first-order valence-electron chi connectivity index (χ1n) is 10.8. The average molecular weight is 436 g/mol. The number of nitrogens with one attached hydrogen (secondary N) is 1. The van der Waals surface area contributed by atoms with Gasteiger partial charge in [0.25, 0.3) is 11.8 Å². The topological polar surface area (TPSA) is 79.5 Å². The highest BCUT2D eigenvalue weighted by Gasteiger charge is 2.45. The van der Waals surface area contributed by atoms with Crippen LogP contribution in [0, 0.1) is 0 Å². The van der Waals surface area contributed by atoms with Crippen LogP contribution in [-0.4, -0.2) is 33.4 Å². The molecule has 2 heterocycles. The van der Waals surface area contributed by atoms with E-state index in [2.05, 4.69) is 4.98 Å². The monoisotopic (exact) mass is 436 g/mol. The molecule has 1 aliphatic rings. The minimum atomic E-state index is -0.963. The normalized spacial score (nSPS) is 14.1. The number of para-hydroxylation sites is 1. The van der Waals surface area contributed by atoms with Crippen LogP contribution in [0.1, 0.15) is 41.5 Å². The van der Waals surface area contributed by atoms with Crippen molar-refractivity contribution in [2.75, 3.05) is 0 Å². The van der Waals surface area contributed by atoms with Gasteiger partial charge in [-0.05, 0) is 37.6 Å². The van der Waals surface area contributed by atoms with Gasteiger partial charge in [-0.15, -0.1) is 0 Å². The number of carbonyl (C=O) groups excluding carboxylic acids is 3. The largest absolute Gasteiger partial charge is 0.443 e. The van der Waals surface area contributed by atoms with Gasteiger partial charge in [-0.3, -0.25) is 9.59 Å². The number of aromatic nitrogens is 1. The van der Waals surface area contributed by atoms with E-state index in [-0.39, 0.29) is 11.1 Å². The first-order valence-corrected chi connectivity index (χ1v) is 10.8. The number of fused-ring (bicyclic) bond motifs is 10. The zero-order chi connectivity index (χ0) is 23.1.